The molecule has 2 heterocycles. The smallest absolute Gasteiger partial charge is 0.396 e. The van der Waals surface area contributed by atoms with Crippen molar-refractivity contribution in [1.29, 1.82) is 0 Å². The van der Waals surface area contributed by atoms with Gasteiger partial charge in [0, 0.05) is 30.9 Å². The van der Waals surface area contributed by atoms with Crippen molar-refractivity contribution >= 4 is 22.4 Å². The minimum absolute atomic E-state index is 0.0401. The number of rotatable bonds is 2. The topological polar surface area (TPSA) is 53.4 Å². The summed E-state index contributed by atoms with van der Waals surface area (Å²) in [7, 11) is 0. The summed E-state index contributed by atoms with van der Waals surface area (Å²) in [5.41, 5.74) is -0.988. The molecule has 0 bridgehead atoms. The van der Waals surface area contributed by atoms with Crippen LogP contribution in [0.3, 0.4) is 0 Å². The summed E-state index contributed by atoms with van der Waals surface area (Å²) in [6, 6.07) is 0. The molecule has 1 aliphatic heterocycles. The lowest BCUT2D eigenvalue weighted by atomic mass is 10.1. The maximum atomic E-state index is 12.3. The van der Waals surface area contributed by atoms with Crippen molar-refractivity contribution in [2.75, 3.05) is 18.1 Å². The Morgan fingerprint density at radius 3 is 2.76 bits per heavy atom. The van der Waals surface area contributed by atoms with Crippen molar-refractivity contribution in [3.05, 3.63) is 11.1 Å². The molecule has 0 radical (unpaired) electrons. The van der Waals surface area contributed by atoms with Crippen molar-refractivity contribution in [3.8, 4) is 0 Å². The zero-order valence-corrected chi connectivity index (χ0v) is 9.38. The van der Waals surface area contributed by atoms with Crippen molar-refractivity contribution in [3.63, 3.8) is 0 Å². The van der Waals surface area contributed by atoms with Gasteiger partial charge in [-0.25, -0.2) is 4.98 Å². The Kier molecular flexibility index (Phi) is 3.09. The molecular weight excluding hydrogens is 257 g/mol. The number of aromatic nitrogens is 1. The molecule has 1 N–H and O–H groups in total. The number of alkyl halides is 3. The van der Waals surface area contributed by atoms with Crippen LogP contribution >= 0.6 is 11.3 Å². The average molecular weight is 266 g/mol. The van der Waals surface area contributed by atoms with Gasteiger partial charge in [0.2, 0.25) is 5.91 Å². The van der Waals surface area contributed by atoms with Gasteiger partial charge < -0.3 is 5.11 Å². The van der Waals surface area contributed by atoms with Crippen LogP contribution in [-0.2, 0) is 11.0 Å². The molecule has 17 heavy (non-hydrogen) atoms. The summed E-state index contributed by atoms with van der Waals surface area (Å²) < 4.78 is 37.0. The van der Waals surface area contributed by atoms with Crippen molar-refractivity contribution in [1.82, 2.24) is 4.98 Å². The Balaban J connectivity index is 2.19. The number of anilines is 1. The molecule has 0 aliphatic carbocycles. The van der Waals surface area contributed by atoms with E-state index in [1.54, 1.807) is 0 Å². The standard InChI is InChI=1S/C9H9F3N2O2S/c10-9(11,12)6-4-17-8(13-6)14-2-5(3-15)1-7(14)16/h4-5,15H,1-3H2. The van der Waals surface area contributed by atoms with E-state index in [2.05, 4.69) is 4.98 Å². The average Bonchev–Trinajstić information content (AvgIpc) is 2.82. The summed E-state index contributed by atoms with van der Waals surface area (Å²) in [5, 5.41) is 9.83. The van der Waals surface area contributed by atoms with E-state index in [1.165, 1.54) is 4.90 Å². The first-order valence-electron chi connectivity index (χ1n) is 4.85. The summed E-state index contributed by atoms with van der Waals surface area (Å²) in [6.07, 6.45) is -4.34. The van der Waals surface area contributed by atoms with E-state index >= 15 is 0 Å². The molecule has 94 valence electrons. The number of aliphatic hydroxyl groups is 1. The third-order valence-electron chi connectivity index (χ3n) is 2.48. The van der Waals surface area contributed by atoms with Crippen molar-refractivity contribution < 1.29 is 23.1 Å². The van der Waals surface area contributed by atoms with Gasteiger partial charge in [-0.3, -0.25) is 9.69 Å². The molecule has 8 heteroatoms. The highest BCUT2D eigenvalue weighted by Crippen LogP contribution is 2.34. The molecular formula is C9H9F3N2O2S. The van der Waals surface area contributed by atoms with Crippen LogP contribution < -0.4 is 4.90 Å². The van der Waals surface area contributed by atoms with Crippen LogP contribution in [-0.4, -0.2) is 29.1 Å². The largest absolute Gasteiger partial charge is 0.434 e. The van der Waals surface area contributed by atoms with Gasteiger partial charge in [-0.15, -0.1) is 11.3 Å². The lowest BCUT2D eigenvalue weighted by Crippen LogP contribution is -2.25. The van der Waals surface area contributed by atoms with Crippen LogP contribution in [0.5, 0.6) is 0 Å². The van der Waals surface area contributed by atoms with Gasteiger partial charge in [0.15, 0.2) is 10.8 Å². The van der Waals surface area contributed by atoms with E-state index in [0.29, 0.717) is 0 Å². The molecule has 0 aromatic carbocycles. The third-order valence-corrected chi connectivity index (χ3v) is 3.34. The van der Waals surface area contributed by atoms with Crippen molar-refractivity contribution in [2.24, 2.45) is 5.92 Å². The molecule has 1 unspecified atom stereocenters. The van der Waals surface area contributed by atoms with Crippen LogP contribution in [0, 0.1) is 5.92 Å². The maximum Gasteiger partial charge on any atom is 0.434 e. The third kappa shape index (κ3) is 2.42. The molecule has 1 aliphatic rings. The predicted molar refractivity (Wildman–Crippen MR) is 54.7 cm³/mol. The van der Waals surface area contributed by atoms with Crippen LogP contribution in [0.1, 0.15) is 12.1 Å². The van der Waals surface area contributed by atoms with E-state index in [9.17, 15) is 18.0 Å². The zero-order valence-electron chi connectivity index (χ0n) is 8.57. The van der Waals surface area contributed by atoms with Gasteiger partial charge in [0.25, 0.3) is 0 Å². The number of aliphatic hydroxyl groups excluding tert-OH is 1. The summed E-state index contributed by atoms with van der Waals surface area (Å²) >= 11 is 0.782. The van der Waals surface area contributed by atoms with E-state index in [4.69, 9.17) is 5.11 Å². The van der Waals surface area contributed by atoms with Crippen LogP contribution in [0.2, 0.25) is 0 Å². The number of carbonyl (C=O) groups is 1. The molecule has 1 aromatic heterocycles. The van der Waals surface area contributed by atoms with Gasteiger partial charge in [-0.2, -0.15) is 13.2 Å². The van der Waals surface area contributed by atoms with Gasteiger partial charge in [-0.05, 0) is 0 Å². The Bertz CT molecular complexity index is 432. The van der Waals surface area contributed by atoms with E-state index in [0.717, 1.165) is 16.7 Å². The second-order valence-electron chi connectivity index (χ2n) is 3.77. The van der Waals surface area contributed by atoms with Gasteiger partial charge >= 0.3 is 6.18 Å². The molecule has 2 rings (SSSR count). The zero-order chi connectivity index (χ0) is 12.6. The number of hydrogen-bond acceptors (Lipinski definition) is 4. The summed E-state index contributed by atoms with van der Waals surface area (Å²) in [4.78, 5) is 16.1. The monoisotopic (exact) mass is 266 g/mol. The Labute approximate surface area is 98.7 Å². The minimum atomic E-state index is -4.49. The number of thiazole rings is 1. The minimum Gasteiger partial charge on any atom is -0.396 e. The highest BCUT2D eigenvalue weighted by atomic mass is 32.1. The summed E-state index contributed by atoms with van der Waals surface area (Å²) in [5.74, 6) is -0.520. The van der Waals surface area contributed by atoms with Crippen LogP contribution in [0.25, 0.3) is 0 Å². The Hall–Kier alpha value is -1.15. The molecule has 0 saturated carbocycles. The Morgan fingerprint density at radius 2 is 2.29 bits per heavy atom. The second-order valence-corrected chi connectivity index (χ2v) is 4.61. The van der Waals surface area contributed by atoms with Crippen LogP contribution in [0.15, 0.2) is 5.38 Å². The lowest BCUT2D eigenvalue weighted by molar-refractivity contribution is -0.140. The quantitative estimate of drug-likeness (QED) is 0.882. The van der Waals surface area contributed by atoms with E-state index in [1.807, 2.05) is 0 Å². The molecule has 1 saturated heterocycles. The van der Waals surface area contributed by atoms with Crippen LogP contribution in [0.4, 0.5) is 18.3 Å². The molecule has 1 amide bonds. The predicted octanol–water partition coefficient (Wildman–Crippen LogP) is 1.51. The van der Waals surface area contributed by atoms with E-state index < -0.39 is 11.9 Å². The highest BCUT2D eigenvalue weighted by Gasteiger charge is 2.37. The fraction of sp³-hybridized carbons (Fsp3) is 0.556. The normalized spacial score (nSPS) is 21.3. The second kappa shape index (κ2) is 4.26. The van der Waals surface area contributed by atoms with Crippen molar-refractivity contribution in [2.45, 2.75) is 12.6 Å². The summed E-state index contributed by atoms with van der Waals surface area (Å²) in [6.45, 7) is 0.0693. The molecule has 1 aromatic rings. The molecule has 0 spiro atoms. The first-order chi connectivity index (χ1) is 7.91. The number of hydrogen-bond donors (Lipinski definition) is 1. The fourth-order valence-electron chi connectivity index (χ4n) is 1.61. The van der Waals surface area contributed by atoms with Gasteiger partial charge in [-0.1, -0.05) is 0 Å². The first-order valence-corrected chi connectivity index (χ1v) is 5.73. The number of nitrogens with zero attached hydrogens (tertiary/aromatic N) is 2. The number of halogens is 3. The molecule has 1 fully saturated rings. The SMILES string of the molecule is O=C1CC(CO)CN1c1nc(C(F)(F)F)cs1. The fourth-order valence-corrected chi connectivity index (χ4v) is 2.47. The Morgan fingerprint density at radius 1 is 1.59 bits per heavy atom. The van der Waals surface area contributed by atoms with Gasteiger partial charge in [0.1, 0.15) is 0 Å². The first kappa shape index (κ1) is 12.3. The highest BCUT2D eigenvalue weighted by molar-refractivity contribution is 7.14. The number of amides is 1. The number of carbonyl (C=O) groups excluding carboxylic acids is 1. The van der Waals surface area contributed by atoms with Gasteiger partial charge in [0.05, 0.1) is 0 Å². The lowest BCUT2D eigenvalue weighted by Gasteiger charge is -2.12. The molecule has 1 atom stereocenters. The molecule has 4 nitrogen and oxygen atoms in total. The maximum absolute atomic E-state index is 12.3. The van der Waals surface area contributed by atoms with E-state index in [-0.39, 0.29) is 36.5 Å².